The maximum atomic E-state index is 12.9. The topological polar surface area (TPSA) is 68.7 Å². The summed E-state index contributed by atoms with van der Waals surface area (Å²) < 4.78 is 11.0. The van der Waals surface area contributed by atoms with Gasteiger partial charge >= 0.3 is 6.09 Å². The third-order valence-corrected chi connectivity index (χ3v) is 3.87. The molecule has 25 heavy (non-hydrogen) atoms. The zero-order chi connectivity index (χ0) is 18.0. The normalized spacial score (nSPS) is 11.5. The maximum absolute atomic E-state index is 12.9. The standard InChI is InChI=1S/C20H22N2O3/c1-20(2,3)22(19(23)25-13-14-7-5-4-6-8-14)17-11-15(21)12-18-16(17)9-10-24-18/h4-12H,13,21H2,1-3H3. The minimum absolute atomic E-state index is 0.211. The third kappa shape index (κ3) is 3.60. The summed E-state index contributed by atoms with van der Waals surface area (Å²) in [5.41, 5.74) is 8.28. The Morgan fingerprint density at radius 3 is 2.56 bits per heavy atom. The fourth-order valence-corrected chi connectivity index (χ4v) is 2.78. The SMILES string of the molecule is CC(C)(C)N(C(=O)OCc1ccccc1)c1cc(N)cc2occc12. The van der Waals surface area contributed by atoms with Crippen LogP contribution in [0, 0.1) is 0 Å². The van der Waals surface area contributed by atoms with E-state index in [0.717, 1.165) is 10.9 Å². The Balaban J connectivity index is 1.94. The number of rotatable bonds is 3. The molecule has 5 nitrogen and oxygen atoms in total. The number of amides is 1. The van der Waals surface area contributed by atoms with Crippen LogP contribution < -0.4 is 10.6 Å². The number of nitrogens with two attached hydrogens (primary N) is 1. The highest BCUT2D eigenvalue weighted by Gasteiger charge is 2.31. The van der Waals surface area contributed by atoms with Crippen molar-refractivity contribution < 1.29 is 13.9 Å². The van der Waals surface area contributed by atoms with Gasteiger partial charge in [0.2, 0.25) is 0 Å². The van der Waals surface area contributed by atoms with Gasteiger partial charge in [-0.05, 0) is 38.5 Å². The lowest BCUT2D eigenvalue weighted by molar-refractivity contribution is 0.142. The molecule has 0 aliphatic rings. The Hall–Kier alpha value is -2.95. The summed E-state index contributed by atoms with van der Waals surface area (Å²) in [7, 11) is 0. The Morgan fingerprint density at radius 2 is 1.88 bits per heavy atom. The molecular formula is C20H22N2O3. The summed E-state index contributed by atoms with van der Waals surface area (Å²) in [5, 5.41) is 0.820. The van der Waals surface area contributed by atoms with Crippen molar-refractivity contribution in [2.75, 3.05) is 10.6 Å². The van der Waals surface area contributed by atoms with Crippen LogP contribution in [-0.4, -0.2) is 11.6 Å². The van der Waals surface area contributed by atoms with Crippen LogP contribution in [0.5, 0.6) is 0 Å². The van der Waals surface area contributed by atoms with E-state index in [1.54, 1.807) is 23.3 Å². The van der Waals surface area contributed by atoms with Gasteiger partial charge < -0.3 is 14.9 Å². The minimum Gasteiger partial charge on any atom is -0.464 e. The monoisotopic (exact) mass is 338 g/mol. The first kappa shape index (κ1) is 16.9. The molecule has 0 radical (unpaired) electrons. The molecule has 0 aliphatic heterocycles. The van der Waals surface area contributed by atoms with E-state index >= 15 is 0 Å². The van der Waals surface area contributed by atoms with Gasteiger partial charge in [0.25, 0.3) is 0 Å². The van der Waals surface area contributed by atoms with Crippen LogP contribution in [0.25, 0.3) is 11.0 Å². The molecule has 130 valence electrons. The van der Waals surface area contributed by atoms with Gasteiger partial charge in [0.1, 0.15) is 12.2 Å². The van der Waals surface area contributed by atoms with E-state index in [2.05, 4.69) is 0 Å². The van der Waals surface area contributed by atoms with E-state index in [1.165, 1.54) is 0 Å². The number of hydrogen-bond donors (Lipinski definition) is 1. The van der Waals surface area contributed by atoms with Crippen LogP contribution in [0.1, 0.15) is 26.3 Å². The second kappa shape index (κ2) is 6.51. The molecule has 2 N–H and O–H groups in total. The first-order valence-corrected chi connectivity index (χ1v) is 8.14. The largest absolute Gasteiger partial charge is 0.464 e. The van der Waals surface area contributed by atoms with Gasteiger partial charge in [-0.2, -0.15) is 0 Å². The molecule has 0 saturated carbocycles. The first-order valence-electron chi connectivity index (χ1n) is 8.14. The van der Waals surface area contributed by atoms with Crippen LogP contribution in [0.2, 0.25) is 0 Å². The summed E-state index contributed by atoms with van der Waals surface area (Å²) in [4.78, 5) is 14.5. The number of fused-ring (bicyclic) bond motifs is 1. The van der Waals surface area contributed by atoms with Crippen molar-refractivity contribution >= 4 is 28.4 Å². The maximum Gasteiger partial charge on any atom is 0.415 e. The molecule has 0 bridgehead atoms. The number of anilines is 2. The first-order chi connectivity index (χ1) is 11.9. The van der Waals surface area contributed by atoms with Gasteiger partial charge in [0, 0.05) is 22.7 Å². The zero-order valence-electron chi connectivity index (χ0n) is 14.7. The highest BCUT2D eigenvalue weighted by atomic mass is 16.6. The number of nitrogen functional groups attached to an aromatic ring is 1. The van der Waals surface area contributed by atoms with E-state index in [1.807, 2.05) is 57.2 Å². The van der Waals surface area contributed by atoms with E-state index in [0.29, 0.717) is 17.0 Å². The lowest BCUT2D eigenvalue weighted by Crippen LogP contribution is -2.46. The molecule has 5 heteroatoms. The minimum atomic E-state index is -0.494. The molecule has 1 heterocycles. The van der Waals surface area contributed by atoms with E-state index in [-0.39, 0.29) is 6.61 Å². The van der Waals surface area contributed by atoms with Crippen molar-refractivity contribution in [3.05, 3.63) is 60.4 Å². The summed E-state index contributed by atoms with van der Waals surface area (Å²) >= 11 is 0. The van der Waals surface area contributed by atoms with Crippen LogP contribution in [0.15, 0.2) is 59.2 Å². The lowest BCUT2D eigenvalue weighted by atomic mass is 10.0. The number of carbonyl (C=O) groups is 1. The Bertz CT molecular complexity index is 879. The highest BCUT2D eigenvalue weighted by Crippen LogP contribution is 2.35. The van der Waals surface area contributed by atoms with Gasteiger partial charge in [-0.3, -0.25) is 4.90 Å². The van der Waals surface area contributed by atoms with Crippen molar-refractivity contribution in [2.45, 2.75) is 32.9 Å². The van der Waals surface area contributed by atoms with Gasteiger partial charge in [-0.15, -0.1) is 0 Å². The average molecular weight is 338 g/mol. The van der Waals surface area contributed by atoms with Crippen LogP contribution >= 0.6 is 0 Å². The second-order valence-corrected chi connectivity index (χ2v) is 6.92. The van der Waals surface area contributed by atoms with Gasteiger partial charge in [0.15, 0.2) is 0 Å². The molecule has 0 aliphatic carbocycles. The smallest absolute Gasteiger partial charge is 0.415 e. The molecule has 0 saturated heterocycles. The quantitative estimate of drug-likeness (QED) is 0.686. The number of benzene rings is 2. The Morgan fingerprint density at radius 1 is 1.16 bits per heavy atom. The van der Waals surface area contributed by atoms with Gasteiger partial charge in [0.05, 0.1) is 12.0 Å². The second-order valence-electron chi connectivity index (χ2n) is 6.92. The van der Waals surface area contributed by atoms with Crippen LogP contribution in [-0.2, 0) is 11.3 Å². The van der Waals surface area contributed by atoms with Crippen molar-refractivity contribution in [1.82, 2.24) is 0 Å². The van der Waals surface area contributed by atoms with E-state index in [4.69, 9.17) is 14.9 Å². The average Bonchev–Trinajstić information content (AvgIpc) is 3.01. The molecule has 0 spiro atoms. The Kier molecular flexibility index (Phi) is 4.40. The number of carbonyl (C=O) groups excluding carboxylic acids is 1. The van der Waals surface area contributed by atoms with Crippen molar-refractivity contribution in [3.63, 3.8) is 0 Å². The van der Waals surface area contributed by atoms with Crippen molar-refractivity contribution in [3.8, 4) is 0 Å². The fourth-order valence-electron chi connectivity index (χ4n) is 2.78. The molecule has 1 amide bonds. The van der Waals surface area contributed by atoms with E-state index in [9.17, 15) is 4.79 Å². The highest BCUT2D eigenvalue weighted by molar-refractivity contribution is 6.02. The predicted octanol–water partition coefficient (Wildman–Crippen LogP) is 4.96. The van der Waals surface area contributed by atoms with Gasteiger partial charge in [-0.25, -0.2) is 4.79 Å². The molecule has 2 aromatic carbocycles. The molecule has 0 atom stereocenters. The molecule has 3 rings (SSSR count). The van der Waals surface area contributed by atoms with Crippen LogP contribution in [0.3, 0.4) is 0 Å². The summed E-state index contributed by atoms with van der Waals surface area (Å²) in [6.45, 7) is 6.06. The van der Waals surface area contributed by atoms with Crippen LogP contribution in [0.4, 0.5) is 16.2 Å². The zero-order valence-corrected chi connectivity index (χ0v) is 14.7. The summed E-state index contributed by atoms with van der Waals surface area (Å²) in [6.07, 6.45) is 1.16. The summed E-state index contributed by atoms with van der Waals surface area (Å²) in [6, 6.07) is 14.9. The number of hydrogen-bond acceptors (Lipinski definition) is 4. The Labute approximate surface area is 147 Å². The lowest BCUT2D eigenvalue weighted by Gasteiger charge is -2.35. The van der Waals surface area contributed by atoms with Gasteiger partial charge in [-0.1, -0.05) is 30.3 Å². The molecule has 0 fully saturated rings. The number of furan rings is 1. The molecule has 3 aromatic rings. The molecular weight excluding hydrogens is 316 g/mol. The number of ether oxygens (including phenoxy) is 1. The van der Waals surface area contributed by atoms with Crippen molar-refractivity contribution in [1.29, 1.82) is 0 Å². The molecule has 0 unspecified atom stereocenters. The molecule has 1 aromatic heterocycles. The van der Waals surface area contributed by atoms with E-state index < -0.39 is 11.6 Å². The third-order valence-electron chi connectivity index (χ3n) is 3.87. The summed E-state index contributed by atoms with van der Waals surface area (Å²) in [5.74, 6) is 0. The van der Waals surface area contributed by atoms with Crippen molar-refractivity contribution in [2.24, 2.45) is 0 Å². The fraction of sp³-hybridized carbons (Fsp3) is 0.250. The number of nitrogens with zero attached hydrogens (tertiary/aromatic N) is 1. The predicted molar refractivity (Wildman–Crippen MR) is 99.5 cm³/mol.